The Morgan fingerprint density at radius 2 is 2.00 bits per heavy atom. The summed E-state index contributed by atoms with van der Waals surface area (Å²) in [5.41, 5.74) is 1.67. The summed E-state index contributed by atoms with van der Waals surface area (Å²) >= 11 is 0. The fraction of sp³-hybridized carbons (Fsp3) is 0.357. The lowest BCUT2D eigenvalue weighted by Crippen LogP contribution is -1.90. The molecule has 0 bridgehead atoms. The lowest BCUT2D eigenvalue weighted by atomic mass is 10.1. The van der Waals surface area contributed by atoms with Gasteiger partial charge in [0.2, 0.25) is 0 Å². The predicted octanol–water partition coefficient (Wildman–Crippen LogP) is 2.67. The van der Waals surface area contributed by atoms with Crippen molar-refractivity contribution in [2.45, 2.75) is 19.8 Å². The second kappa shape index (κ2) is 6.81. The molecule has 1 aromatic rings. The molecule has 1 rings (SSSR count). The van der Waals surface area contributed by atoms with Crippen LogP contribution < -0.4 is 0 Å². The average Bonchev–Trinajstić information content (AvgIpc) is 2.29. The Balaban J connectivity index is 2.51. The van der Waals surface area contributed by atoms with Crippen LogP contribution in [0, 0.1) is 11.8 Å². The van der Waals surface area contributed by atoms with E-state index in [-0.39, 0.29) is 5.78 Å². The normalized spacial score (nSPS) is 9.38. The minimum atomic E-state index is 0.0830. The smallest absolute Gasteiger partial charge is 0.159 e. The number of carbonyl (C=O) groups is 1. The van der Waals surface area contributed by atoms with Gasteiger partial charge in [-0.1, -0.05) is 24.0 Å². The van der Waals surface area contributed by atoms with Crippen LogP contribution in [0.25, 0.3) is 0 Å². The van der Waals surface area contributed by atoms with Crippen LogP contribution in [0.5, 0.6) is 0 Å². The molecule has 0 atom stereocenters. The molecular formula is C14H16O2. The molecule has 0 saturated heterocycles. The van der Waals surface area contributed by atoms with Crippen molar-refractivity contribution in [3.63, 3.8) is 0 Å². The van der Waals surface area contributed by atoms with Gasteiger partial charge in [-0.05, 0) is 25.5 Å². The zero-order valence-corrected chi connectivity index (χ0v) is 9.75. The van der Waals surface area contributed by atoms with Crippen LogP contribution in [-0.4, -0.2) is 19.5 Å². The van der Waals surface area contributed by atoms with Gasteiger partial charge in [-0.3, -0.25) is 4.79 Å². The number of ketones is 1. The summed E-state index contributed by atoms with van der Waals surface area (Å²) in [6.45, 7) is 2.31. The van der Waals surface area contributed by atoms with E-state index in [0.29, 0.717) is 0 Å². The van der Waals surface area contributed by atoms with Gasteiger partial charge in [0.05, 0.1) is 0 Å². The van der Waals surface area contributed by atoms with Crippen molar-refractivity contribution in [2.24, 2.45) is 0 Å². The number of unbranched alkanes of at least 4 members (excludes halogenated alkanes) is 1. The van der Waals surface area contributed by atoms with Gasteiger partial charge in [-0.2, -0.15) is 0 Å². The monoisotopic (exact) mass is 216 g/mol. The zero-order chi connectivity index (χ0) is 11.8. The van der Waals surface area contributed by atoms with Crippen molar-refractivity contribution in [3.05, 3.63) is 35.4 Å². The summed E-state index contributed by atoms with van der Waals surface area (Å²) in [7, 11) is 1.69. The molecule has 0 aliphatic carbocycles. The number of ether oxygens (including phenoxy) is 1. The first kappa shape index (κ1) is 12.5. The molecule has 0 amide bonds. The second-order valence-corrected chi connectivity index (χ2v) is 3.53. The summed E-state index contributed by atoms with van der Waals surface area (Å²) in [5, 5.41) is 0. The molecule has 0 fully saturated rings. The summed E-state index contributed by atoms with van der Waals surface area (Å²) in [6.07, 6.45) is 1.79. The molecule has 0 aromatic heterocycles. The maximum Gasteiger partial charge on any atom is 0.159 e. The van der Waals surface area contributed by atoms with E-state index in [4.69, 9.17) is 4.74 Å². The average molecular weight is 216 g/mol. The van der Waals surface area contributed by atoms with Crippen molar-refractivity contribution in [2.75, 3.05) is 13.7 Å². The van der Waals surface area contributed by atoms with Crippen molar-refractivity contribution in [1.82, 2.24) is 0 Å². The molecule has 0 aliphatic rings. The van der Waals surface area contributed by atoms with E-state index < -0.39 is 0 Å². The van der Waals surface area contributed by atoms with E-state index in [2.05, 4.69) is 11.8 Å². The molecule has 16 heavy (non-hydrogen) atoms. The molecule has 2 nitrogen and oxygen atoms in total. The van der Waals surface area contributed by atoms with E-state index in [9.17, 15) is 4.79 Å². The highest BCUT2D eigenvalue weighted by molar-refractivity contribution is 5.94. The Hall–Kier alpha value is -1.59. The number of hydrogen-bond acceptors (Lipinski definition) is 2. The SMILES string of the molecule is COCCCC#Cc1ccc(C(C)=O)cc1. The van der Waals surface area contributed by atoms with Gasteiger partial charge in [0.1, 0.15) is 0 Å². The highest BCUT2D eigenvalue weighted by atomic mass is 16.5. The maximum absolute atomic E-state index is 11.0. The van der Waals surface area contributed by atoms with E-state index >= 15 is 0 Å². The first-order valence-electron chi connectivity index (χ1n) is 5.33. The minimum Gasteiger partial charge on any atom is -0.385 e. The first-order valence-corrected chi connectivity index (χ1v) is 5.33. The molecule has 0 spiro atoms. The molecule has 84 valence electrons. The number of methoxy groups -OCH3 is 1. The molecule has 2 heteroatoms. The van der Waals surface area contributed by atoms with Gasteiger partial charge in [0.15, 0.2) is 5.78 Å². The van der Waals surface area contributed by atoms with Gasteiger partial charge in [0.25, 0.3) is 0 Å². The Bertz CT molecular complexity index is 393. The third-order valence-corrected chi connectivity index (χ3v) is 2.17. The highest BCUT2D eigenvalue weighted by Gasteiger charge is 1.96. The maximum atomic E-state index is 11.0. The summed E-state index contributed by atoms with van der Waals surface area (Å²) in [5.74, 6) is 6.21. The van der Waals surface area contributed by atoms with Crippen LogP contribution >= 0.6 is 0 Å². The van der Waals surface area contributed by atoms with Crippen LogP contribution in [0.4, 0.5) is 0 Å². The van der Waals surface area contributed by atoms with Crippen LogP contribution in [0.15, 0.2) is 24.3 Å². The number of Topliss-reactive ketones (excluding diaryl/α,β-unsaturated/α-hetero) is 1. The largest absolute Gasteiger partial charge is 0.385 e. The molecule has 0 unspecified atom stereocenters. The molecule has 0 aliphatic heterocycles. The Morgan fingerprint density at radius 3 is 2.56 bits per heavy atom. The van der Waals surface area contributed by atoms with Crippen molar-refractivity contribution < 1.29 is 9.53 Å². The minimum absolute atomic E-state index is 0.0830. The Kier molecular flexibility index (Phi) is 5.31. The van der Waals surface area contributed by atoms with Crippen molar-refractivity contribution in [3.8, 4) is 11.8 Å². The van der Waals surface area contributed by atoms with Crippen LogP contribution in [-0.2, 0) is 4.74 Å². The molecular weight excluding hydrogens is 200 g/mol. The van der Waals surface area contributed by atoms with Crippen molar-refractivity contribution >= 4 is 5.78 Å². The molecule has 0 N–H and O–H groups in total. The van der Waals surface area contributed by atoms with Crippen LogP contribution in [0.3, 0.4) is 0 Å². The highest BCUT2D eigenvalue weighted by Crippen LogP contribution is 2.03. The summed E-state index contributed by atoms with van der Waals surface area (Å²) in [6, 6.07) is 7.36. The van der Waals surface area contributed by atoms with Gasteiger partial charge >= 0.3 is 0 Å². The first-order chi connectivity index (χ1) is 7.74. The fourth-order valence-electron chi connectivity index (χ4n) is 1.26. The Labute approximate surface area is 96.6 Å². The third kappa shape index (κ3) is 4.29. The standard InChI is InChI=1S/C14H16O2/c1-12(15)14-9-7-13(8-10-14)6-4-3-5-11-16-2/h7-10H,3,5,11H2,1-2H3. The zero-order valence-electron chi connectivity index (χ0n) is 9.75. The Morgan fingerprint density at radius 1 is 1.31 bits per heavy atom. The molecule has 0 radical (unpaired) electrons. The van der Waals surface area contributed by atoms with Gasteiger partial charge in [-0.15, -0.1) is 0 Å². The number of rotatable bonds is 4. The van der Waals surface area contributed by atoms with Crippen LogP contribution in [0.2, 0.25) is 0 Å². The van der Waals surface area contributed by atoms with Gasteiger partial charge in [-0.25, -0.2) is 0 Å². The fourth-order valence-corrected chi connectivity index (χ4v) is 1.26. The quantitative estimate of drug-likeness (QED) is 0.439. The topological polar surface area (TPSA) is 26.3 Å². The number of carbonyl (C=O) groups excluding carboxylic acids is 1. The summed E-state index contributed by atoms with van der Waals surface area (Å²) in [4.78, 5) is 11.0. The predicted molar refractivity (Wildman–Crippen MR) is 64.4 cm³/mol. The van der Waals surface area contributed by atoms with E-state index in [1.165, 1.54) is 0 Å². The number of hydrogen-bond donors (Lipinski definition) is 0. The van der Waals surface area contributed by atoms with Gasteiger partial charge in [0, 0.05) is 31.3 Å². The van der Waals surface area contributed by atoms with Crippen molar-refractivity contribution in [1.29, 1.82) is 0 Å². The second-order valence-electron chi connectivity index (χ2n) is 3.53. The molecule has 0 saturated carbocycles. The van der Waals surface area contributed by atoms with Crippen LogP contribution in [0.1, 0.15) is 35.7 Å². The summed E-state index contributed by atoms with van der Waals surface area (Å²) < 4.78 is 4.93. The van der Waals surface area contributed by atoms with E-state index in [1.807, 2.05) is 24.3 Å². The molecule has 1 aromatic carbocycles. The lowest BCUT2D eigenvalue weighted by molar-refractivity contribution is 0.101. The molecule has 0 heterocycles. The van der Waals surface area contributed by atoms with E-state index in [1.54, 1.807) is 14.0 Å². The number of benzene rings is 1. The third-order valence-electron chi connectivity index (χ3n) is 2.17. The van der Waals surface area contributed by atoms with E-state index in [0.717, 1.165) is 30.6 Å². The van der Waals surface area contributed by atoms with Gasteiger partial charge < -0.3 is 4.74 Å². The lowest BCUT2D eigenvalue weighted by Gasteiger charge is -1.95.